The van der Waals surface area contributed by atoms with Crippen LogP contribution in [0.2, 0.25) is 0 Å². The van der Waals surface area contributed by atoms with Crippen LogP contribution in [0.3, 0.4) is 0 Å². The average molecular weight is 594 g/mol. The summed E-state index contributed by atoms with van der Waals surface area (Å²) in [7, 11) is 0. The van der Waals surface area contributed by atoms with Gasteiger partial charge >= 0.3 is 12.3 Å². The number of allylic oxidation sites excluding steroid dienone is 1. The number of fused-ring (bicyclic) bond motifs is 1. The van der Waals surface area contributed by atoms with Crippen molar-refractivity contribution in [2.75, 3.05) is 19.7 Å². The van der Waals surface area contributed by atoms with Crippen molar-refractivity contribution in [1.29, 1.82) is 5.26 Å². The van der Waals surface area contributed by atoms with Crippen molar-refractivity contribution in [3.63, 3.8) is 0 Å². The first-order valence-corrected chi connectivity index (χ1v) is 13.9. The second kappa shape index (κ2) is 12.2. The number of aliphatic imine (C=N–C) groups is 1. The number of likely N-dealkylation sites (tertiary alicyclic amines) is 1. The molecule has 224 valence electrons. The predicted molar refractivity (Wildman–Crippen MR) is 152 cm³/mol. The summed E-state index contributed by atoms with van der Waals surface area (Å²) in [6, 6.07) is 10.9. The summed E-state index contributed by atoms with van der Waals surface area (Å²) < 4.78 is 44.3. The number of ketones is 1. The number of benzene rings is 1. The van der Waals surface area contributed by atoms with E-state index in [0.29, 0.717) is 46.1 Å². The van der Waals surface area contributed by atoms with Crippen molar-refractivity contribution in [1.82, 2.24) is 19.5 Å². The van der Waals surface area contributed by atoms with Gasteiger partial charge < -0.3 is 15.4 Å². The molecule has 1 aromatic carbocycles. The summed E-state index contributed by atoms with van der Waals surface area (Å²) in [5.74, 6) is -0.0281. The smallest absolute Gasteiger partial charge is 0.409 e. The SMILES string of the molecule is N#CCC1(N=CC(=CN)c2cnn3c(-c4cccc(CC(=O)CCC(F)(F)F)c4)cnc3c2)CN(C(=O)OCC2CC2)C1. The summed E-state index contributed by atoms with van der Waals surface area (Å²) in [6.07, 6.45) is 1.87. The molecular weight excluding hydrogens is 563 g/mol. The van der Waals surface area contributed by atoms with Gasteiger partial charge in [-0.15, -0.1) is 0 Å². The molecule has 5 rings (SSSR count). The third-order valence-electron chi connectivity index (χ3n) is 7.44. The van der Waals surface area contributed by atoms with Crippen molar-refractivity contribution >= 4 is 29.3 Å². The fourth-order valence-corrected chi connectivity index (χ4v) is 4.83. The molecule has 0 spiro atoms. The lowest BCUT2D eigenvalue weighted by Gasteiger charge is -2.45. The van der Waals surface area contributed by atoms with Crippen LogP contribution < -0.4 is 5.73 Å². The lowest BCUT2D eigenvalue weighted by atomic mass is 9.88. The van der Waals surface area contributed by atoms with Gasteiger partial charge in [0.15, 0.2) is 5.65 Å². The number of amides is 1. The predicted octanol–water partition coefficient (Wildman–Crippen LogP) is 4.74. The Morgan fingerprint density at radius 1 is 1.23 bits per heavy atom. The highest BCUT2D eigenvalue weighted by Crippen LogP contribution is 2.32. The van der Waals surface area contributed by atoms with E-state index in [0.717, 1.165) is 12.8 Å². The normalized spacial score (nSPS) is 16.7. The number of ether oxygens (including phenoxy) is 1. The molecule has 2 N–H and O–H groups in total. The number of rotatable bonds is 11. The molecule has 0 bridgehead atoms. The minimum absolute atomic E-state index is 0.102. The topological polar surface area (TPSA) is 139 Å². The fraction of sp³-hybridized carbons (Fsp3) is 0.400. The minimum atomic E-state index is -4.37. The van der Waals surface area contributed by atoms with Crippen molar-refractivity contribution in [2.24, 2.45) is 16.6 Å². The number of halogens is 3. The lowest BCUT2D eigenvalue weighted by molar-refractivity contribution is -0.143. The monoisotopic (exact) mass is 593 g/mol. The molecule has 1 aliphatic carbocycles. The zero-order chi connectivity index (χ0) is 30.6. The zero-order valence-corrected chi connectivity index (χ0v) is 23.3. The molecular formula is C30H30F3N7O3. The number of alkyl halides is 3. The van der Waals surface area contributed by atoms with Crippen molar-refractivity contribution in [3.05, 3.63) is 60.1 Å². The molecule has 2 aliphatic rings. The quantitative estimate of drug-likeness (QED) is 0.317. The highest BCUT2D eigenvalue weighted by Gasteiger charge is 2.46. The number of Topliss-reactive ketones (excluding diaryl/α,β-unsaturated/α-hetero) is 1. The second-order valence-electron chi connectivity index (χ2n) is 11.0. The van der Waals surface area contributed by atoms with E-state index in [1.807, 2.05) is 0 Å². The van der Waals surface area contributed by atoms with Crippen LogP contribution in [0.25, 0.3) is 22.5 Å². The first kappa shape index (κ1) is 29.8. The number of imidazole rings is 1. The highest BCUT2D eigenvalue weighted by atomic mass is 19.4. The van der Waals surface area contributed by atoms with Gasteiger partial charge in [0, 0.05) is 42.0 Å². The van der Waals surface area contributed by atoms with Gasteiger partial charge in [-0.1, -0.05) is 18.2 Å². The Labute approximate surface area is 245 Å². The van der Waals surface area contributed by atoms with Crippen molar-refractivity contribution < 1.29 is 27.5 Å². The Bertz CT molecular complexity index is 1610. The van der Waals surface area contributed by atoms with Crippen LogP contribution in [-0.2, 0) is 16.0 Å². The molecule has 13 heteroatoms. The molecule has 2 fully saturated rings. The molecule has 43 heavy (non-hydrogen) atoms. The number of carbonyl (C=O) groups is 2. The van der Waals surface area contributed by atoms with Gasteiger partial charge in [0.25, 0.3) is 0 Å². The number of hydrogen-bond donors (Lipinski definition) is 1. The number of aromatic nitrogens is 3. The van der Waals surface area contributed by atoms with Gasteiger partial charge in [0.2, 0.25) is 0 Å². The van der Waals surface area contributed by atoms with E-state index >= 15 is 0 Å². The van der Waals surface area contributed by atoms with E-state index in [4.69, 9.17) is 10.5 Å². The number of hydrogen-bond acceptors (Lipinski definition) is 8. The fourth-order valence-electron chi connectivity index (χ4n) is 4.83. The summed E-state index contributed by atoms with van der Waals surface area (Å²) >= 11 is 0. The van der Waals surface area contributed by atoms with Crippen LogP contribution in [0.1, 0.15) is 43.2 Å². The number of nitrogens with zero attached hydrogens (tertiary/aromatic N) is 6. The third kappa shape index (κ3) is 7.38. The van der Waals surface area contributed by atoms with Crippen molar-refractivity contribution in [2.45, 2.75) is 50.2 Å². The average Bonchev–Trinajstić information content (AvgIpc) is 3.69. The lowest BCUT2D eigenvalue weighted by Crippen LogP contribution is -2.62. The van der Waals surface area contributed by atoms with E-state index in [1.165, 1.54) is 11.1 Å². The van der Waals surface area contributed by atoms with Crippen molar-refractivity contribution in [3.8, 4) is 17.3 Å². The Kier molecular flexibility index (Phi) is 8.47. The minimum Gasteiger partial charge on any atom is -0.449 e. The molecule has 2 aromatic heterocycles. The van der Waals surface area contributed by atoms with Gasteiger partial charge in [0.05, 0.1) is 56.7 Å². The molecule has 3 heterocycles. The zero-order valence-electron chi connectivity index (χ0n) is 23.3. The molecule has 0 unspecified atom stereocenters. The van der Waals surface area contributed by atoms with Gasteiger partial charge in [-0.05, 0) is 36.5 Å². The van der Waals surface area contributed by atoms with Gasteiger partial charge in [-0.2, -0.15) is 23.5 Å². The summed E-state index contributed by atoms with van der Waals surface area (Å²) in [5.41, 5.74) is 8.78. The third-order valence-corrected chi connectivity index (χ3v) is 7.44. The van der Waals surface area contributed by atoms with Gasteiger partial charge in [-0.25, -0.2) is 14.3 Å². The van der Waals surface area contributed by atoms with E-state index in [1.54, 1.807) is 53.5 Å². The summed E-state index contributed by atoms with van der Waals surface area (Å²) in [5, 5.41) is 13.9. The standard InChI is InChI=1S/C30H30F3N7O3/c31-30(32,33)7-6-25(41)11-21-2-1-3-22(10-21)26-16-36-27-12-23(15-38-40(26)27)24(13-35)14-37-29(8-9-34)18-39(19-29)28(42)43-17-20-4-5-20/h1-3,10,12-16,20H,4-8,11,17-19,35H2. The van der Waals surface area contributed by atoms with Crippen LogP contribution in [0.4, 0.5) is 18.0 Å². The maximum atomic E-state index is 12.5. The summed E-state index contributed by atoms with van der Waals surface area (Å²) in [4.78, 5) is 35.0. The Morgan fingerprint density at radius 2 is 2.02 bits per heavy atom. The number of nitriles is 1. The second-order valence-corrected chi connectivity index (χ2v) is 11.0. The van der Waals surface area contributed by atoms with Crippen LogP contribution in [0.5, 0.6) is 0 Å². The molecule has 1 amide bonds. The van der Waals surface area contributed by atoms with E-state index in [-0.39, 0.29) is 25.9 Å². The molecule has 3 aromatic rings. The number of carbonyl (C=O) groups excluding carboxylic acids is 2. The Hall–Kier alpha value is -4.73. The molecule has 0 radical (unpaired) electrons. The molecule has 10 nitrogen and oxygen atoms in total. The molecule has 1 aliphatic heterocycles. The van der Waals surface area contributed by atoms with E-state index < -0.39 is 36.4 Å². The first-order valence-electron chi connectivity index (χ1n) is 13.9. The Morgan fingerprint density at radius 3 is 2.72 bits per heavy atom. The first-order chi connectivity index (χ1) is 20.6. The highest BCUT2D eigenvalue weighted by molar-refractivity contribution is 6.10. The van der Waals surface area contributed by atoms with Gasteiger partial charge in [-0.3, -0.25) is 9.79 Å². The van der Waals surface area contributed by atoms with Crippen LogP contribution in [-0.4, -0.2) is 69.0 Å². The van der Waals surface area contributed by atoms with Crippen LogP contribution in [0.15, 0.2) is 53.9 Å². The van der Waals surface area contributed by atoms with E-state index in [9.17, 15) is 28.0 Å². The van der Waals surface area contributed by atoms with Gasteiger partial charge in [0.1, 0.15) is 11.3 Å². The largest absolute Gasteiger partial charge is 0.449 e. The molecule has 1 saturated heterocycles. The number of nitrogens with two attached hydrogens (primary N) is 1. The molecule has 0 atom stereocenters. The molecule has 1 saturated carbocycles. The maximum Gasteiger partial charge on any atom is 0.409 e. The van der Waals surface area contributed by atoms with E-state index in [2.05, 4.69) is 21.1 Å². The summed E-state index contributed by atoms with van der Waals surface area (Å²) in [6.45, 7) is 0.962. The van der Waals surface area contributed by atoms with Crippen LogP contribution in [0, 0.1) is 17.2 Å². The maximum absolute atomic E-state index is 12.5. The Balaban J connectivity index is 1.27. The van der Waals surface area contributed by atoms with Crippen LogP contribution >= 0.6 is 0 Å².